The molecule has 2 unspecified atom stereocenters. The fourth-order valence-electron chi connectivity index (χ4n) is 1.65. The summed E-state index contributed by atoms with van der Waals surface area (Å²) >= 11 is 0. The molecule has 2 atom stereocenters. The Labute approximate surface area is 96.6 Å². The third-order valence-electron chi connectivity index (χ3n) is 2.51. The second-order valence-corrected chi connectivity index (χ2v) is 4.02. The first-order chi connectivity index (χ1) is 7.76. The molecule has 16 heavy (non-hydrogen) atoms. The quantitative estimate of drug-likeness (QED) is 0.700. The topological polar surface area (TPSA) is 54.6 Å². The minimum Gasteiger partial charge on any atom is -0.469 e. The molecule has 0 aromatic carbocycles. The minimum absolute atomic E-state index is 0.0107. The summed E-state index contributed by atoms with van der Waals surface area (Å²) in [5.74, 6) is 1.00. The van der Waals surface area contributed by atoms with Crippen LogP contribution in [0.15, 0.2) is 22.8 Å². The molecule has 0 saturated carbocycles. The van der Waals surface area contributed by atoms with Gasteiger partial charge in [0, 0.05) is 19.6 Å². The minimum atomic E-state index is 0.0107. The largest absolute Gasteiger partial charge is 0.469 e. The van der Waals surface area contributed by atoms with E-state index in [4.69, 9.17) is 14.3 Å². The van der Waals surface area contributed by atoms with Crippen LogP contribution in [0.3, 0.4) is 0 Å². The number of nitrogens with one attached hydrogen (secondary N) is 1. The van der Waals surface area contributed by atoms with Crippen molar-refractivity contribution in [3.8, 4) is 0 Å². The van der Waals surface area contributed by atoms with E-state index in [-0.39, 0.29) is 12.6 Å². The molecule has 2 N–H and O–H groups in total. The van der Waals surface area contributed by atoms with E-state index >= 15 is 0 Å². The number of aliphatic hydroxyl groups is 1. The van der Waals surface area contributed by atoms with Crippen molar-refractivity contribution in [2.75, 3.05) is 20.3 Å². The Balaban J connectivity index is 2.21. The second kappa shape index (κ2) is 7.44. The van der Waals surface area contributed by atoms with Gasteiger partial charge in [0.05, 0.1) is 25.5 Å². The Kier molecular flexibility index (Phi) is 6.15. The molecule has 0 aliphatic carbocycles. The average Bonchev–Trinajstić information content (AvgIpc) is 2.78. The van der Waals surface area contributed by atoms with Crippen molar-refractivity contribution in [2.24, 2.45) is 0 Å². The first kappa shape index (κ1) is 13.2. The summed E-state index contributed by atoms with van der Waals surface area (Å²) in [7, 11) is 1.64. The molecule has 0 radical (unpaired) electrons. The molecule has 0 aliphatic rings. The lowest BCUT2D eigenvalue weighted by Gasteiger charge is -2.20. The van der Waals surface area contributed by atoms with Crippen molar-refractivity contribution in [3.05, 3.63) is 24.2 Å². The SMILES string of the molecule is COCC(CO)NC(C)CCc1ccco1. The van der Waals surface area contributed by atoms with Gasteiger partial charge in [-0.25, -0.2) is 0 Å². The molecule has 92 valence electrons. The van der Waals surface area contributed by atoms with Crippen LogP contribution in [0.5, 0.6) is 0 Å². The van der Waals surface area contributed by atoms with Crippen LogP contribution < -0.4 is 5.32 Å². The van der Waals surface area contributed by atoms with E-state index in [0.717, 1.165) is 18.6 Å². The van der Waals surface area contributed by atoms with Gasteiger partial charge in [-0.1, -0.05) is 0 Å². The van der Waals surface area contributed by atoms with Crippen LogP contribution >= 0.6 is 0 Å². The monoisotopic (exact) mass is 227 g/mol. The van der Waals surface area contributed by atoms with Crippen LogP contribution in [0.25, 0.3) is 0 Å². The van der Waals surface area contributed by atoms with E-state index in [0.29, 0.717) is 12.6 Å². The fourth-order valence-corrected chi connectivity index (χ4v) is 1.65. The van der Waals surface area contributed by atoms with Crippen molar-refractivity contribution in [2.45, 2.75) is 31.8 Å². The zero-order chi connectivity index (χ0) is 11.8. The molecule has 1 aromatic heterocycles. The average molecular weight is 227 g/mol. The Hall–Kier alpha value is -0.840. The summed E-state index contributed by atoms with van der Waals surface area (Å²) in [6, 6.07) is 4.22. The van der Waals surface area contributed by atoms with Crippen molar-refractivity contribution >= 4 is 0 Å². The van der Waals surface area contributed by atoms with Crippen LogP contribution in [-0.2, 0) is 11.2 Å². The third-order valence-corrected chi connectivity index (χ3v) is 2.51. The molecule has 0 fully saturated rings. The van der Waals surface area contributed by atoms with Gasteiger partial charge in [-0.05, 0) is 25.5 Å². The van der Waals surface area contributed by atoms with Gasteiger partial charge in [0.2, 0.25) is 0 Å². The number of ether oxygens (including phenoxy) is 1. The summed E-state index contributed by atoms with van der Waals surface area (Å²) in [6.45, 7) is 2.72. The summed E-state index contributed by atoms with van der Waals surface area (Å²) in [5, 5.41) is 12.4. The normalized spacial score (nSPS) is 14.9. The molecular formula is C12H21NO3. The maximum absolute atomic E-state index is 9.10. The standard InChI is InChI=1S/C12H21NO3/c1-10(13-11(8-14)9-15-2)5-6-12-4-3-7-16-12/h3-4,7,10-11,13-14H,5-6,8-9H2,1-2H3. The van der Waals surface area contributed by atoms with Gasteiger partial charge < -0.3 is 19.6 Å². The zero-order valence-corrected chi connectivity index (χ0v) is 9.98. The molecule has 0 spiro atoms. The molecule has 4 heteroatoms. The highest BCUT2D eigenvalue weighted by Crippen LogP contribution is 2.06. The highest BCUT2D eigenvalue weighted by atomic mass is 16.5. The Morgan fingerprint density at radius 2 is 2.38 bits per heavy atom. The number of furan rings is 1. The number of rotatable bonds is 8. The Morgan fingerprint density at radius 1 is 1.56 bits per heavy atom. The maximum Gasteiger partial charge on any atom is 0.103 e. The molecule has 0 saturated heterocycles. The molecule has 0 aliphatic heterocycles. The predicted molar refractivity (Wildman–Crippen MR) is 62.4 cm³/mol. The fraction of sp³-hybridized carbons (Fsp3) is 0.667. The van der Waals surface area contributed by atoms with Crippen LogP contribution in [0.2, 0.25) is 0 Å². The number of aliphatic hydroxyl groups excluding tert-OH is 1. The lowest BCUT2D eigenvalue weighted by molar-refractivity contribution is 0.122. The van der Waals surface area contributed by atoms with Crippen molar-refractivity contribution < 1.29 is 14.3 Å². The summed E-state index contributed by atoms with van der Waals surface area (Å²) in [4.78, 5) is 0. The van der Waals surface area contributed by atoms with E-state index in [2.05, 4.69) is 12.2 Å². The van der Waals surface area contributed by atoms with Gasteiger partial charge in [0.15, 0.2) is 0 Å². The maximum atomic E-state index is 9.10. The third kappa shape index (κ3) is 4.79. The Bertz CT molecular complexity index is 261. The van der Waals surface area contributed by atoms with Crippen LogP contribution in [0.1, 0.15) is 19.1 Å². The van der Waals surface area contributed by atoms with Gasteiger partial charge in [0.25, 0.3) is 0 Å². The van der Waals surface area contributed by atoms with Crippen molar-refractivity contribution in [1.82, 2.24) is 5.32 Å². The van der Waals surface area contributed by atoms with Crippen molar-refractivity contribution in [3.63, 3.8) is 0 Å². The molecule has 0 bridgehead atoms. The lowest BCUT2D eigenvalue weighted by Crippen LogP contribution is -2.42. The van der Waals surface area contributed by atoms with Crippen LogP contribution in [0, 0.1) is 0 Å². The first-order valence-electron chi connectivity index (χ1n) is 5.64. The smallest absolute Gasteiger partial charge is 0.103 e. The number of methoxy groups -OCH3 is 1. The summed E-state index contributed by atoms with van der Waals surface area (Å²) in [6.07, 6.45) is 3.58. The molecule has 4 nitrogen and oxygen atoms in total. The Morgan fingerprint density at radius 3 is 2.94 bits per heavy atom. The summed E-state index contributed by atoms with van der Waals surface area (Å²) in [5.41, 5.74) is 0. The number of hydrogen-bond donors (Lipinski definition) is 2. The molecule has 1 aromatic rings. The molecule has 1 heterocycles. The van der Waals surface area contributed by atoms with E-state index in [1.807, 2.05) is 12.1 Å². The number of aryl methyl sites for hydroxylation is 1. The van der Waals surface area contributed by atoms with Gasteiger partial charge in [0.1, 0.15) is 5.76 Å². The van der Waals surface area contributed by atoms with E-state index in [9.17, 15) is 0 Å². The van der Waals surface area contributed by atoms with Gasteiger partial charge in [-0.2, -0.15) is 0 Å². The van der Waals surface area contributed by atoms with Crippen LogP contribution in [0.4, 0.5) is 0 Å². The van der Waals surface area contributed by atoms with Gasteiger partial charge in [-0.3, -0.25) is 0 Å². The zero-order valence-electron chi connectivity index (χ0n) is 9.98. The first-order valence-corrected chi connectivity index (χ1v) is 5.64. The number of hydrogen-bond acceptors (Lipinski definition) is 4. The van der Waals surface area contributed by atoms with E-state index < -0.39 is 0 Å². The van der Waals surface area contributed by atoms with Gasteiger partial charge in [-0.15, -0.1) is 0 Å². The lowest BCUT2D eigenvalue weighted by atomic mass is 10.1. The summed E-state index contributed by atoms with van der Waals surface area (Å²) < 4.78 is 10.3. The highest BCUT2D eigenvalue weighted by molar-refractivity contribution is 4.98. The second-order valence-electron chi connectivity index (χ2n) is 4.02. The molecular weight excluding hydrogens is 206 g/mol. The molecule has 1 rings (SSSR count). The van der Waals surface area contributed by atoms with Crippen molar-refractivity contribution in [1.29, 1.82) is 0 Å². The molecule has 0 amide bonds. The van der Waals surface area contributed by atoms with E-state index in [1.165, 1.54) is 0 Å². The van der Waals surface area contributed by atoms with E-state index in [1.54, 1.807) is 13.4 Å². The van der Waals surface area contributed by atoms with Crippen LogP contribution in [-0.4, -0.2) is 37.5 Å². The highest BCUT2D eigenvalue weighted by Gasteiger charge is 2.11. The predicted octanol–water partition coefficient (Wildman–Crippen LogP) is 1.20. The van der Waals surface area contributed by atoms with Gasteiger partial charge >= 0.3 is 0 Å².